The highest BCUT2D eigenvalue weighted by Crippen LogP contribution is 2.33. The van der Waals surface area contributed by atoms with Gasteiger partial charge in [-0.05, 0) is 61.7 Å². The van der Waals surface area contributed by atoms with Crippen LogP contribution >= 0.6 is 11.6 Å². The molecule has 162 valence electrons. The molecule has 0 bridgehead atoms. The molecule has 0 N–H and O–H groups in total. The molecule has 0 aromatic heterocycles. The molecule has 0 saturated carbocycles. The lowest BCUT2D eigenvalue weighted by Crippen LogP contribution is -2.47. The molecule has 31 heavy (non-hydrogen) atoms. The highest BCUT2D eigenvalue weighted by Gasteiger charge is 2.30. The summed E-state index contributed by atoms with van der Waals surface area (Å²) in [6.45, 7) is 1.07. The smallest absolute Gasteiger partial charge is 0.265 e. The van der Waals surface area contributed by atoms with Crippen molar-refractivity contribution in [3.63, 3.8) is 0 Å². The second kappa shape index (κ2) is 9.39. The number of nitrogens with zero attached hydrogens (tertiary/aromatic N) is 2. The Kier molecular flexibility index (Phi) is 6.42. The third-order valence-electron chi connectivity index (χ3n) is 5.41. The van der Waals surface area contributed by atoms with Crippen LogP contribution in [0.15, 0.2) is 42.5 Å². The zero-order chi connectivity index (χ0) is 21.8. The first-order valence-electron chi connectivity index (χ1n) is 10.3. The molecule has 0 aliphatic carbocycles. The molecule has 1 saturated heterocycles. The minimum atomic E-state index is -0.306. The van der Waals surface area contributed by atoms with E-state index in [2.05, 4.69) is 0 Å². The van der Waals surface area contributed by atoms with E-state index in [1.54, 1.807) is 47.4 Å². The van der Waals surface area contributed by atoms with Crippen LogP contribution in [0.25, 0.3) is 0 Å². The average molecular weight is 443 g/mol. The Bertz CT molecular complexity index is 986. The van der Waals surface area contributed by atoms with Gasteiger partial charge in [-0.2, -0.15) is 0 Å². The first kappa shape index (κ1) is 21.2. The van der Waals surface area contributed by atoms with Crippen molar-refractivity contribution in [1.29, 1.82) is 0 Å². The fourth-order valence-electron chi connectivity index (χ4n) is 3.69. The number of ketones is 1. The molecule has 2 aliphatic rings. The molecule has 2 aliphatic heterocycles. The number of halogens is 1. The molecule has 0 unspecified atom stereocenters. The molecule has 0 radical (unpaired) electrons. The highest BCUT2D eigenvalue weighted by atomic mass is 35.5. The summed E-state index contributed by atoms with van der Waals surface area (Å²) in [6.07, 6.45) is 3.07. The third-order valence-corrected chi connectivity index (χ3v) is 5.66. The van der Waals surface area contributed by atoms with Gasteiger partial charge in [0.1, 0.15) is 18.0 Å². The van der Waals surface area contributed by atoms with Crippen LogP contribution in [-0.2, 0) is 9.59 Å². The molecule has 2 aromatic rings. The van der Waals surface area contributed by atoms with E-state index in [-0.39, 0.29) is 37.4 Å². The lowest BCUT2D eigenvalue weighted by molar-refractivity contribution is -0.132. The van der Waals surface area contributed by atoms with Crippen molar-refractivity contribution in [2.24, 2.45) is 0 Å². The van der Waals surface area contributed by atoms with Crippen LogP contribution in [-0.4, -0.2) is 55.3 Å². The summed E-state index contributed by atoms with van der Waals surface area (Å²) in [4.78, 5) is 41.1. The quantitative estimate of drug-likeness (QED) is 0.641. The Morgan fingerprint density at radius 2 is 1.77 bits per heavy atom. The van der Waals surface area contributed by atoms with E-state index in [1.165, 1.54) is 4.90 Å². The number of likely N-dealkylation sites (tertiary alicyclic amines) is 1. The molecule has 0 atom stereocenters. The van der Waals surface area contributed by atoms with Gasteiger partial charge in [0.2, 0.25) is 5.91 Å². The van der Waals surface area contributed by atoms with Gasteiger partial charge in [0.25, 0.3) is 5.91 Å². The fourth-order valence-corrected chi connectivity index (χ4v) is 3.82. The van der Waals surface area contributed by atoms with Gasteiger partial charge < -0.3 is 14.4 Å². The predicted molar refractivity (Wildman–Crippen MR) is 116 cm³/mol. The Morgan fingerprint density at radius 3 is 2.52 bits per heavy atom. The van der Waals surface area contributed by atoms with Crippen LogP contribution in [0.2, 0.25) is 5.02 Å². The van der Waals surface area contributed by atoms with Crippen LogP contribution in [0.3, 0.4) is 0 Å². The Balaban J connectivity index is 1.48. The molecular weight excluding hydrogens is 420 g/mol. The van der Waals surface area contributed by atoms with Crippen molar-refractivity contribution >= 4 is 34.9 Å². The number of hydrogen-bond donors (Lipinski definition) is 0. The normalized spacial score (nSPS) is 15.8. The minimum absolute atomic E-state index is 0.0614. The summed E-state index contributed by atoms with van der Waals surface area (Å²) < 4.78 is 11.0. The lowest BCUT2D eigenvalue weighted by atomic mass is 10.1. The fraction of sp³-hybridized carbons (Fsp3) is 0.348. The zero-order valence-electron chi connectivity index (χ0n) is 17.0. The molecule has 2 heterocycles. The molecule has 1 fully saturated rings. The van der Waals surface area contributed by atoms with Crippen LogP contribution < -0.4 is 14.4 Å². The van der Waals surface area contributed by atoms with Crippen molar-refractivity contribution in [3.05, 3.63) is 53.1 Å². The van der Waals surface area contributed by atoms with Crippen LogP contribution in [0.1, 0.15) is 29.6 Å². The number of rotatable bonds is 6. The number of carbonyl (C=O) groups excluding carboxylic acids is 3. The van der Waals surface area contributed by atoms with Gasteiger partial charge in [0, 0.05) is 23.7 Å². The van der Waals surface area contributed by atoms with Crippen molar-refractivity contribution < 1.29 is 23.9 Å². The summed E-state index contributed by atoms with van der Waals surface area (Å²) in [7, 11) is 0. The van der Waals surface area contributed by atoms with Crippen LogP contribution in [0, 0.1) is 0 Å². The largest absolute Gasteiger partial charge is 0.485 e. The zero-order valence-corrected chi connectivity index (χ0v) is 17.8. The predicted octanol–water partition coefficient (Wildman–Crippen LogP) is 3.34. The number of amides is 2. The molecule has 4 rings (SSSR count). The Labute approximate surface area is 185 Å². The van der Waals surface area contributed by atoms with Gasteiger partial charge in [-0.15, -0.1) is 0 Å². The standard InChI is InChI=1S/C23H23ClN2O5/c24-17-5-7-18(8-6-17)30-14-20(27)16-4-9-21-19(12-16)26(23(29)15-31-21)13-22(28)25-10-2-1-3-11-25/h4-9,12H,1-3,10-11,13-15H2. The van der Waals surface area contributed by atoms with Gasteiger partial charge in [0.15, 0.2) is 19.0 Å². The monoisotopic (exact) mass is 442 g/mol. The molecule has 7 nitrogen and oxygen atoms in total. The topological polar surface area (TPSA) is 76.2 Å². The van der Waals surface area contributed by atoms with Gasteiger partial charge in [-0.1, -0.05) is 11.6 Å². The minimum Gasteiger partial charge on any atom is -0.485 e. The molecule has 8 heteroatoms. The van der Waals surface area contributed by atoms with E-state index < -0.39 is 0 Å². The number of Topliss-reactive ketones (excluding diaryl/α,β-unsaturated/α-hetero) is 1. The number of carbonyl (C=O) groups is 3. The van der Waals surface area contributed by atoms with Gasteiger partial charge in [0.05, 0.1) is 5.69 Å². The van der Waals surface area contributed by atoms with E-state index in [4.69, 9.17) is 21.1 Å². The van der Waals surface area contributed by atoms with E-state index in [1.807, 2.05) is 0 Å². The van der Waals surface area contributed by atoms with Gasteiger partial charge >= 0.3 is 0 Å². The maximum absolute atomic E-state index is 12.7. The Hall–Kier alpha value is -3.06. The number of benzene rings is 2. The summed E-state index contributed by atoms with van der Waals surface area (Å²) in [5.74, 6) is 0.353. The number of anilines is 1. The molecule has 2 aromatic carbocycles. The van der Waals surface area contributed by atoms with Crippen molar-refractivity contribution in [2.45, 2.75) is 19.3 Å². The first-order valence-corrected chi connectivity index (χ1v) is 10.7. The van der Waals surface area contributed by atoms with Gasteiger partial charge in [-0.3, -0.25) is 19.3 Å². The van der Waals surface area contributed by atoms with Crippen molar-refractivity contribution in [1.82, 2.24) is 4.90 Å². The number of ether oxygens (including phenoxy) is 2. The summed E-state index contributed by atoms with van der Waals surface area (Å²) in [5.41, 5.74) is 0.806. The maximum Gasteiger partial charge on any atom is 0.265 e. The summed E-state index contributed by atoms with van der Waals surface area (Å²) in [6, 6.07) is 11.6. The number of piperidine rings is 1. The SMILES string of the molecule is O=C(COc1ccc(Cl)cc1)c1ccc2c(c1)N(CC(=O)N1CCCCC1)C(=O)CO2. The van der Waals surface area contributed by atoms with Crippen molar-refractivity contribution in [3.8, 4) is 11.5 Å². The summed E-state index contributed by atoms with van der Waals surface area (Å²) in [5, 5.41) is 0.581. The van der Waals surface area contributed by atoms with E-state index >= 15 is 0 Å². The van der Waals surface area contributed by atoms with Gasteiger partial charge in [-0.25, -0.2) is 0 Å². The van der Waals surface area contributed by atoms with Crippen LogP contribution in [0.4, 0.5) is 5.69 Å². The average Bonchev–Trinajstić information content (AvgIpc) is 2.80. The van der Waals surface area contributed by atoms with E-state index in [0.29, 0.717) is 40.9 Å². The second-order valence-corrected chi connectivity index (χ2v) is 7.99. The number of hydrogen-bond acceptors (Lipinski definition) is 5. The summed E-state index contributed by atoms with van der Waals surface area (Å²) >= 11 is 5.86. The maximum atomic E-state index is 12.7. The van der Waals surface area contributed by atoms with E-state index in [0.717, 1.165) is 19.3 Å². The van der Waals surface area contributed by atoms with Crippen molar-refractivity contribution in [2.75, 3.05) is 37.7 Å². The second-order valence-electron chi connectivity index (χ2n) is 7.56. The number of fused-ring (bicyclic) bond motifs is 1. The molecule has 2 amide bonds. The molecule has 0 spiro atoms. The lowest BCUT2D eigenvalue weighted by Gasteiger charge is -2.32. The third kappa shape index (κ3) is 4.99. The molecular formula is C23H23ClN2O5. The first-order chi connectivity index (χ1) is 15.0. The Morgan fingerprint density at radius 1 is 1.03 bits per heavy atom. The van der Waals surface area contributed by atoms with Crippen LogP contribution in [0.5, 0.6) is 11.5 Å². The highest BCUT2D eigenvalue weighted by molar-refractivity contribution is 6.30. The van der Waals surface area contributed by atoms with E-state index in [9.17, 15) is 14.4 Å².